The second kappa shape index (κ2) is 6.80. The lowest BCUT2D eigenvalue weighted by molar-refractivity contribution is 0.230. The SMILES string of the molecule is COc1cc(CNCC2CCC2)ccc1OC(C)C. The van der Waals surface area contributed by atoms with E-state index in [1.807, 2.05) is 19.9 Å². The minimum absolute atomic E-state index is 0.163. The minimum atomic E-state index is 0.163. The standard InChI is InChI=1S/C16H25NO2/c1-12(2)19-15-8-7-14(9-16(15)18-3)11-17-10-13-5-4-6-13/h7-9,12-13,17H,4-6,10-11H2,1-3H3. The van der Waals surface area contributed by atoms with Gasteiger partial charge in [-0.2, -0.15) is 0 Å². The van der Waals surface area contributed by atoms with E-state index < -0.39 is 0 Å². The maximum absolute atomic E-state index is 5.72. The van der Waals surface area contributed by atoms with Gasteiger partial charge in [-0.1, -0.05) is 12.5 Å². The predicted molar refractivity (Wildman–Crippen MR) is 77.8 cm³/mol. The number of benzene rings is 1. The van der Waals surface area contributed by atoms with Gasteiger partial charge in [0.15, 0.2) is 11.5 Å². The molecule has 0 amide bonds. The summed E-state index contributed by atoms with van der Waals surface area (Å²) in [6.45, 7) is 6.07. The molecule has 1 aromatic rings. The highest BCUT2D eigenvalue weighted by Gasteiger charge is 2.16. The monoisotopic (exact) mass is 263 g/mol. The van der Waals surface area contributed by atoms with Crippen molar-refractivity contribution in [2.45, 2.75) is 45.8 Å². The van der Waals surface area contributed by atoms with E-state index in [0.29, 0.717) is 0 Å². The van der Waals surface area contributed by atoms with Gasteiger partial charge in [0, 0.05) is 6.54 Å². The summed E-state index contributed by atoms with van der Waals surface area (Å²) >= 11 is 0. The summed E-state index contributed by atoms with van der Waals surface area (Å²) in [5, 5.41) is 3.52. The van der Waals surface area contributed by atoms with Crippen LogP contribution in [-0.4, -0.2) is 19.8 Å². The first-order valence-electron chi connectivity index (χ1n) is 7.23. The fraction of sp³-hybridized carbons (Fsp3) is 0.625. The molecule has 1 aliphatic carbocycles. The third-order valence-corrected chi connectivity index (χ3v) is 3.58. The first kappa shape index (κ1) is 14.2. The summed E-state index contributed by atoms with van der Waals surface area (Å²) in [5.41, 5.74) is 1.24. The van der Waals surface area contributed by atoms with Crippen molar-refractivity contribution in [3.8, 4) is 11.5 Å². The Kier molecular flexibility index (Phi) is 5.08. The normalized spacial score (nSPS) is 15.4. The number of methoxy groups -OCH3 is 1. The summed E-state index contributed by atoms with van der Waals surface area (Å²) in [6, 6.07) is 6.17. The van der Waals surface area contributed by atoms with E-state index in [2.05, 4.69) is 17.4 Å². The van der Waals surface area contributed by atoms with E-state index in [4.69, 9.17) is 9.47 Å². The van der Waals surface area contributed by atoms with E-state index >= 15 is 0 Å². The van der Waals surface area contributed by atoms with Gasteiger partial charge >= 0.3 is 0 Å². The van der Waals surface area contributed by atoms with Crippen molar-refractivity contribution >= 4 is 0 Å². The molecule has 1 saturated carbocycles. The molecule has 0 aliphatic heterocycles. The van der Waals surface area contributed by atoms with Crippen molar-refractivity contribution in [1.29, 1.82) is 0 Å². The molecular weight excluding hydrogens is 238 g/mol. The largest absolute Gasteiger partial charge is 0.493 e. The molecular formula is C16H25NO2. The fourth-order valence-corrected chi connectivity index (χ4v) is 2.29. The van der Waals surface area contributed by atoms with Crippen LogP contribution >= 0.6 is 0 Å². The quantitative estimate of drug-likeness (QED) is 0.818. The van der Waals surface area contributed by atoms with E-state index in [1.54, 1.807) is 7.11 Å². The van der Waals surface area contributed by atoms with Crippen LogP contribution in [0.2, 0.25) is 0 Å². The van der Waals surface area contributed by atoms with E-state index in [9.17, 15) is 0 Å². The lowest BCUT2D eigenvalue weighted by atomic mass is 9.85. The van der Waals surface area contributed by atoms with E-state index in [0.717, 1.165) is 30.5 Å². The van der Waals surface area contributed by atoms with Crippen LogP contribution in [0.25, 0.3) is 0 Å². The molecule has 0 heterocycles. The molecule has 106 valence electrons. The van der Waals surface area contributed by atoms with Crippen LogP contribution in [0.4, 0.5) is 0 Å². The zero-order valence-corrected chi connectivity index (χ0v) is 12.2. The third kappa shape index (κ3) is 4.13. The van der Waals surface area contributed by atoms with Crippen molar-refractivity contribution in [1.82, 2.24) is 5.32 Å². The number of nitrogens with one attached hydrogen (secondary N) is 1. The maximum Gasteiger partial charge on any atom is 0.161 e. The van der Waals surface area contributed by atoms with Gasteiger partial charge in [-0.3, -0.25) is 0 Å². The van der Waals surface area contributed by atoms with E-state index in [1.165, 1.54) is 24.8 Å². The van der Waals surface area contributed by atoms with Gasteiger partial charge in [-0.05, 0) is 56.8 Å². The van der Waals surface area contributed by atoms with Crippen molar-refractivity contribution in [3.05, 3.63) is 23.8 Å². The van der Waals surface area contributed by atoms with Gasteiger partial charge in [0.25, 0.3) is 0 Å². The summed E-state index contributed by atoms with van der Waals surface area (Å²) in [5.74, 6) is 2.53. The van der Waals surface area contributed by atoms with Crippen LogP contribution in [0.1, 0.15) is 38.7 Å². The van der Waals surface area contributed by atoms with Crippen LogP contribution in [0.3, 0.4) is 0 Å². The summed E-state index contributed by atoms with van der Waals surface area (Å²) in [7, 11) is 1.69. The van der Waals surface area contributed by atoms with Crippen LogP contribution in [0.15, 0.2) is 18.2 Å². The van der Waals surface area contributed by atoms with Crippen LogP contribution < -0.4 is 14.8 Å². The molecule has 0 radical (unpaired) electrons. The van der Waals surface area contributed by atoms with Gasteiger partial charge < -0.3 is 14.8 Å². The lowest BCUT2D eigenvalue weighted by Crippen LogP contribution is -2.26. The van der Waals surface area contributed by atoms with Crippen LogP contribution in [0, 0.1) is 5.92 Å². The average Bonchev–Trinajstić information content (AvgIpc) is 2.33. The Morgan fingerprint density at radius 2 is 2.05 bits per heavy atom. The number of hydrogen-bond acceptors (Lipinski definition) is 3. The second-order valence-corrected chi connectivity index (χ2v) is 5.58. The molecule has 0 aromatic heterocycles. The van der Waals surface area contributed by atoms with Gasteiger partial charge in [-0.25, -0.2) is 0 Å². The lowest BCUT2D eigenvalue weighted by Gasteiger charge is -2.25. The average molecular weight is 263 g/mol. The Morgan fingerprint density at radius 1 is 1.26 bits per heavy atom. The zero-order valence-electron chi connectivity index (χ0n) is 12.2. The molecule has 0 bridgehead atoms. The molecule has 3 heteroatoms. The Balaban J connectivity index is 1.89. The number of ether oxygens (including phenoxy) is 2. The highest BCUT2D eigenvalue weighted by atomic mass is 16.5. The molecule has 0 unspecified atom stereocenters. The van der Waals surface area contributed by atoms with Crippen molar-refractivity contribution in [2.75, 3.05) is 13.7 Å². The highest BCUT2D eigenvalue weighted by molar-refractivity contribution is 5.43. The van der Waals surface area contributed by atoms with Gasteiger partial charge in [-0.15, -0.1) is 0 Å². The smallest absolute Gasteiger partial charge is 0.161 e. The third-order valence-electron chi connectivity index (χ3n) is 3.58. The van der Waals surface area contributed by atoms with Crippen molar-refractivity contribution in [2.24, 2.45) is 5.92 Å². The zero-order chi connectivity index (χ0) is 13.7. The van der Waals surface area contributed by atoms with E-state index in [-0.39, 0.29) is 6.10 Å². The number of rotatable bonds is 7. The summed E-state index contributed by atoms with van der Waals surface area (Å²) in [4.78, 5) is 0. The second-order valence-electron chi connectivity index (χ2n) is 5.58. The van der Waals surface area contributed by atoms with Crippen LogP contribution in [-0.2, 0) is 6.54 Å². The van der Waals surface area contributed by atoms with Gasteiger partial charge in [0.2, 0.25) is 0 Å². The first-order valence-corrected chi connectivity index (χ1v) is 7.23. The molecule has 1 N–H and O–H groups in total. The Hall–Kier alpha value is -1.22. The molecule has 3 nitrogen and oxygen atoms in total. The predicted octanol–water partition coefficient (Wildman–Crippen LogP) is 3.37. The van der Waals surface area contributed by atoms with Gasteiger partial charge in [0.05, 0.1) is 13.2 Å². The molecule has 1 aliphatic rings. The Morgan fingerprint density at radius 3 is 2.63 bits per heavy atom. The molecule has 1 fully saturated rings. The topological polar surface area (TPSA) is 30.5 Å². The number of hydrogen-bond donors (Lipinski definition) is 1. The summed E-state index contributed by atoms with van der Waals surface area (Å²) in [6.07, 6.45) is 4.34. The maximum atomic E-state index is 5.72. The molecule has 1 aromatic carbocycles. The minimum Gasteiger partial charge on any atom is -0.493 e. The first-order chi connectivity index (χ1) is 9.19. The Labute approximate surface area is 116 Å². The molecule has 2 rings (SSSR count). The van der Waals surface area contributed by atoms with Gasteiger partial charge in [0.1, 0.15) is 0 Å². The molecule has 0 atom stereocenters. The Bertz CT molecular complexity index is 400. The molecule has 19 heavy (non-hydrogen) atoms. The summed E-state index contributed by atoms with van der Waals surface area (Å²) < 4.78 is 11.1. The molecule has 0 saturated heterocycles. The highest BCUT2D eigenvalue weighted by Crippen LogP contribution is 2.29. The van der Waals surface area contributed by atoms with Crippen molar-refractivity contribution in [3.63, 3.8) is 0 Å². The fourth-order valence-electron chi connectivity index (χ4n) is 2.29. The van der Waals surface area contributed by atoms with Crippen LogP contribution in [0.5, 0.6) is 11.5 Å². The van der Waals surface area contributed by atoms with Crippen molar-refractivity contribution < 1.29 is 9.47 Å². The molecule has 0 spiro atoms.